The molecule has 4 heteroatoms. The van der Waals surface area contributed by atoms with E-state index in [2.05, 4.69) is 15.9 Å². The van der Waals surface area contributed by atoms with Gasteiger partial charge < -0.3 is 10.5 Å². The molecule has 0 heterocycles. The van der Waals surface area contributed by atoms with Crippen LogP contribution in [-0.2, 0) is 0 Å². The number of hydrogen-bond acceptors (Lipinski definition) is 2. The first-order valence-corrected chi connectivity index (χ1v) is 5.66. The number of halogens is 1. The number of rotatable bonds is 5. The van der Waals surface area contributed by atoms with Gasteiger partial charge in [-0.05, 0) is 34.5 Å². The highest BCUT2D eigenvalue weighted by Gasteiger charge is 2.10. The number of benzene rings is 1. The lowest BCUT2D eigenvalue weighted by atomic mass is 10.2. The zero-order chi connectivity index (χ0) is 11.3. The third kappa shape index (κ3) is 3.91. The second kappa shape index (κ2) is 5.75. The van der Waals surface area contributed by atoms with Gasteiger partial charge in [-0.3, -0.25) is 5.41 Å². The lowest BCUT2D eigenvalue weighted by molar-refractivity contribution is 0.203. The van der Waals surface area contributed by atoms with Gasteiger partial charge >= 0.3 is 0 Å². The zero-order valence-corrected chi connectivity index (χ0v) is 10.3. The van der Waals surface area contributed by atoms with Gasteiger partial charge in [0, 0.05) is 6.42 Å². The van der Waals surface area contributed by atoms with Gasteiger partial charge in [0.15, 0.2) is 0 Å². The van der Waals surface area contributed by atoms with E-state index in [1.165, 1.54) is 0 Å². The molecule has 0 aliphatic rings. The fourth-order valence-corrected chi connectivity index (χ4v) is 1.61. The molecular formula is C11H15BrN2O. The Morgan fingerprint density at radius 3 is 2.73 bits per heavy atom. The molecule has 0 spiro atoms. The van der Waals surface area contributed by atoms with Crippen molar-refractivity contribution in [2.24, 2.45) is 5.73 Å². The highest BCUT2D eigenvalue weighted by Crippen LogP contribution is 2.25. The Morgan fingerprint density at radius 2 is 2.20 bits per heavy atom. The van der Waals surface area contributed by atoms with Crippen LogP contribution >= 0.6 is 15.9 Å². The molecule has 0 aliphatic carbocycles. The molecule has 0 fully saturated rings. The first-order valence-electron chi connectivity index (χ1n) is 4.87. The third-order valence-corrected chi connectivity index (χ3v) is 2.69. The van der Waals surface area contributed by atoms with Crippen molar-refractivity contribution < 1.29 is 4.74 Å². The molecule has 82 valence electrons. The van der Waals surface area contributed by atoms with Crippen molar-refractivity contribution in [3.63, 3.8) is 0 Å². The molecule has 0 aliphatic heterocycles. The van der Waals surface area contributed by atoms with Crippen LogP contribution in [0.15, 0.2) is 28.7 Å². The molecule has 1 atom stereocenters. The minimum Gasteiger partial charge on any atom is -0.489 e. The fourth-order valence-electron chi connectivity index (χ4n) is 1.23. The Bertz CT molecular complexity index is 341. The highest BCUT2D eigenvalue weighted by molar-refractivity contribution is 9.10. The molecule has 0 saturated carbocycles. The average Bonchev–Trinajstić information content (AvgIpc) is 2.19. The topological polar surface area (TPSA) is 59.1 Å². The summed E-state index contributed by atoms with van der Waals surface area (Å²) in [4.78, 5) is 0. The van der Waals surface area contributed by atoms with Crippen LogP contribution in [0.4, 0.5) is 0 Å². The Balaban J connectivity index is 2.66. The number of ether oxygens (including phenoxy) is 1. The summed E-state index contributed by atoms with van der Waals surface area (Å²) in [5.41, 5.74) is 5.35. The van der Waals surface area contributed by atoms with Crippen LogP contribution in [-0.4, -0.2) is 11.9 Å². The maximum atomic E-state index is 7.23. The van der Waals surface area contributed by atoms with Crippen molar-refractivity contribution in [2.75, 3.05) is 0 Å². The van der Waals surface area contributed by atoms with Crippen molar-refractivity contribution in [1.29, 1.82) is 5.41 Å². The van der Waals surface area contributed by atoms with E-state index in [4.69, 9.17) is 15.9 Å². The van der Waals surface area contributed by atoms with Crippen LogP contribution < -0.4 is 10.5 Å². The number of nitrogens with two attached hydrogens (primary N) is 1. The summed E-state index contributed by atoms with van der Waals surface area (Å²) in [5.74, 6) is 0.958. The van der Waals surface area contributed by atoms with Gasteiger partial charge in [0.2, 0.25) is 0 Å². The smallest absolute Gasteiger partial charge is 0.133 e. The molecule has 1 unspecified atom stereocenters. The van der Waals surface area contributed by atoms with Gasteiger partial charge in [-0.25, -0.2) is 0 Å². The van der Waals surface area contributed by atoms with E-state index < -0.39 is 0 Å². The molecule has 0 bridgehead atoms. The van der Waals surface area contributed by atoms with Crippen LogP contribution in [0.25, 0.3) is 0 Å². The molecular weight excluding hydrogens is 256 g/mol. The molecule has 1 aromatic carbocycles. The summed E-state index contributed by atoms with van der Waals surface area (Å²) in [6.45, 7) is 2.02. The second-order valence-electron chi connectivity index (χ2n) is 3.31. The van der Waals surface area contributed by atoms with Crippen LogP contribution in [0, 0.1) is 5.41 Å². The monoisotopic (exact) mass is 270 g/mol. The summed E-state index contributed by atoms with van der Waals surface area (Å²) in [7, 11) is 0. The van der Waals surface area contributed by atoms with Crippen LogP contribution in [0.3, 0.4) is 0 Å². The molecule has 0 saturated heterocycles. The lowest BCUT2D eigenvalue weighted by Crippen LogP contribution is -2.24. The summed E-state index contributed by atoms with van der Waals surface area (Å²) in [5, 5.41) is 7.23. The Morgan fingerprint density at radius 1 is 1.53 bits per heavy atom. The average molecular weight is 271 g/mol. The molecule has 15 heavy (non-hydrogen) atoms. The molecule has 0 aromatic heterocycles. The van der Waals surface area contributed by atoms with Crippen molar-refractivity contribution in [2.45, 2.75) is 25.9 Å². The van der Waals surface area contributed by atoms with Crippen LogP contribution in [0.1, 0.15) is 19.8 Å². The van der Waals surface area contributed by atoms with Gasteiger partial charge in [-0.1, -0.05) is 19.1 Å². The van der Waals surface area contributed by atoms with E-state index in [0.717, 1.165) is 16.6 Å². The van der Waals surface area contributed by atoms with E-state index >= 15 is 0 Å². The van der Waals surface area contributed by atoms with E-state index in [1.54, 1.807) is 0 Å². The van der Waals surface area contributed by atoms with Crippen LogP contribution in [0.5, 0.6) is 5.75 Å². The lowest BCUT2D eigenvalue weighted by Gasteiger charge is -2.17. The number of hydrogen-bond donors (Lipinski definition) is 2. The van der Waals surface area contributed by atoms with Crippen molar-refractivity contribution in [3.05, 3.63) is 28.7 Å². The number of nitrogens with one attached hydrogen (secondary N) is 1. The first kappa shape index (κ1) is 12.0. The molecule has 3 N–H and O–H groups in total. The van der Waals surface area contributed by atoms with E-state index in [-0.39, 0.29) is 11.9 Å². The molecule has 0 amide bonds. The van der Waals surface area contributed by atoms with E-state index in [1.807, 2.05) is 31.2 Å². The molecule has 3 nitrogen and oxygen atoms in total. The summed E-state index contributed by atoms with van der Waals surface area (Å²) in [6.07, 6.45) is 1.28. The highest BCUT2D eigenvalue weighted by atomic mass is 79.9. The van der Waals surface area contributed by atoms with Gasteiger partial charge in [0.25, 0.3) is 0 Å². The minimum atomic E-state index is -0.0267. The zero-order valence-electron chi connectivity index (χ0n) is 8.66. The third-order valence-electron chi connectivity index (χ3n) is 2.03. The molecule has 1 rings (SSSR count). The van der Waals surface area contributed by atoms with E-state index in [9.17, 15) is 0 Å². The number of para-hydroxylation sites is 1. The van der Waals surface area contributed by atoms with Crippen LogP contribution in [0.2, 0.25) is 0 Å². The Hall–Kier alpha value is -1.03. The van der Waals surface area contributed by atoms with Gasteiger partial charge in [0.05, 0.1) is 10.3 Å². The van der Waals surface area contributed by atoms with Crippen molar-refractivity contribution >= 4 is 21.8 Å². The van der Waals surface area contributed by atoms with Gasteiger partial charge in [-0.15, -0.1) is 0 Å². The Labute approximate surface area is 98.3 Å². The summed E-state index contributed by atoms with van der Waals surface area (Å²) >= 11 is 3.41. The molecule has 1 aromatic rings. The quantitative estimate of drug-likeness (QED) is 0.639. The van der Waals surface area contributed by atoms with Gasteiger partial charge in [0.1, 0.15) is 11.9 Å². The minimum absolute atomic E-state index is 0.0267. The standard InChI is InChI=1S/C11H15BrN2O/c1-2-8(7-11(13)14)15-10-6-4-3-5-9(10)12/h3-6,8H,2,7H2,1H3,(H3,13,14). The maximum Gasteiger partial charge on any atom is 0.133 e. The predicted octanol–water partition coefficient (Wildman–Crippen LogP) is 2.93. The predicted molar refractivity (Wildman–Crippen MR) is 65.4 cm³/mol. The fraction of sp³-hybridized carbons (Fsp3) is 0.364. The molecule has 0 radical (unpaired) electrons. The SMILES string of the molecule is CCC(CC(=N)N)Oc1ccccc1Br. The number of amidine groups is 1. The summed E-state index contributed by atoms with van der Waals surface area (Å²) in [6, 6.07) is 7.67. The normalized spacial score (nSPS) is 12.1. The van der Waals surface area contributed by atoms with Crippen molar-refractivity contribution in [3.8, 4) is 5.75 Å². The first-order chi connectivity index (χ1) is 7.13. The summed E-state index contributed by atoms with van der Waals surface area (Å²) < 4.78 is 6.66. The second-order valence-corrected chi connectivity index (χ2v) is 4.16. The van der Waals surface area contributed by atoms with Gasteiger partial charge in [-0.2, -0.15) is 0 Å². The Kier molecular flexibility index (Phi) is 4.62. The van der Waals surface area contributed by atoms with Crippen molar-refractivity contribution in [1.82, 2.24) is 0 Å². The largest absolute Gasteiger partial charge is 0.489 e. The maximum absolute atomic E-state index is 7.23. The van der Waals surface area contributed by atoms with E-state index in [0.29, 0.717) is 6.42 Å².